The molecule has 0 unspecified atom stereocenters. The third kappa shape index (κ3) is 3.74. The average Bonchev–Trinajstić information content (AvgIpc) is 3.08. The van der Waals surface area contributed by atoms with Gasteiger partial charge in [0.15, 0.2) is 5.58 Å². The first-order valence-electron chi connectivity index (χ1n) is 8.12. The molecule has 0 saturated heterocycles. The molecule has 1 heterocycles. The van der Waals surface area contributed by atoms with Crippen LogP contribution in [-0.4, -0.2) is 16.0 Å². The Hall–Kier alpha value is -3.22. The van der Waals surface area contributed by atoms with Crippen LogP contribution in [0, 0.1) is 0 Å². The maximum atomic E-state index is 12.4. The van der Waals surface area contributed by atoms with Crippen LogP contribution in [0.25, 0.3) is 11.1 Å². The van der Waals surface area contributed by atoms with E-state index < -0.39 is 5.91 Å². The van der Waals surface area contributed by atoms with E-state index in [1.54, 1.807) is 30.3 Å². The lowest BCUT2D eigenvalue weighted by atomic mass is 10.2. The van der Waals surface area contributed by atoms with Crippen molar-refractivity contribution in [1.29, 1.82) is 0 Å². The Morgan fingerprint density at radius 1 is 1.07 bits per heavy atom. The molecular formula is C20H12Cl2N2O4. The number of para-hydroxylation sites is 2. The molecule has 0 aliphatic carbocycles. The first-order valence-corrected chi connectivity index (χ1v) is 8.88. The van der Waals surface area contributed by atoms with Crippen LogP contribution in [0.5, 0.6) is 17.6 Å². The van der Waals surface area contributed by atoms with E-state index in [1.807, 2.05) is 18.2 Å². The summed E-state index contributed by atoms with van der Waals surface area (Å²) in [4.78, 5) is 16.6. The highest BCUT2D eigenvalue weighted by atomic mass is 35.5. The molecule has 0 radical (unpaired) electrons. The number of carbonyl (C=O) groups excluding carboxylic acids is 1. The van der Waals surface area contributed by atoms with Crippen molar-refractivity contribution in [1.82, 2.24) is 4.98 Å². The van der Waals surface area contributed by atoms with Crippen LogP contribution in [0.4, 0.5) is 5.69 Å². The average molecular weight is 415 g/mol. The number of oxazole rings is 1. The van der Waals surface area contributed by atoms with Gasteiger partial charge in [0, 0.05) is 10.7 Å². The Kier molecular flexibility index (Phi) is 4.81. The second-order valence-electron chi connectivity index (χ2n) is 5.81. The summed E-state index contributed by atoms with van der Waals surface area (Å²) in [7, 11) is 0. The summed E-state index contributed by atoms with van der Waals surface area (Å²) >= 11 is 11.7. The number of anilines is 1. The molecule has 2 N–H and O–H groups in total. The van der Waals surface area contributed by atoms with Gasteiger partial charge in [0.1, 0.15) is 17.0 Å². The smallest absolute Gasteiger partial charge is 0.400 e. The van der Waals surface area contributed by atoms with Gasteiger partial charge >= 0.3 is 6.08 Å². The lowest BCUT2D eigenvalue weighted by molar-refractivity contribution is 0.102. The highest BCUT2D eigenvalue weighted by Gasteiger charge is 2.16. The number of aromatic nitrogens is 1. The van der Waals surface area contributed by atoms with Gasteiger partial charge in [-0.2, -0.15) is 4.98 Å². The zero-order valence-corrected chi connectivity index (χ0v) is 15.7. The molecule has 4 rings (SSSR count). The van der Waals surface area contributed by atoms with Crippen molar-refractivity contribution >= 4 is 45.9 Å². The van der Waals surface area contributed by atoms with Crippen LogP contribution < -0.4 is 10.1 Å². The van der Waals surface area contributed by atoms with Crippen LogP contribution in [0.15, 0.2) is 65.1 Å². The number of benzene rings is 3. The number of aromatic hydroxyl groups is 1. The summed E-state index contributed by atoms with van der Waals surface area (Å²) in [6.45, 7) is 0. The normalized spacial score (nSPS) is 10.8. The largest absolute Gasteiger partial charge is 0.506 e. The number of phenols is 1. The number of hydrogen-bond acceptors (Lipinski definition) is 5. The van der Waals surface area contributed by atoms with Crippen molar-refractivity contribution in [3.05, 3.63) is 76.3 Å². The van der Waals surface area contributed by atoms with Crippen LogP contribution in [0.2, 0.25) is 10.0 Å². The molecule has 0 spiro atoms. The minimum Gasteiger partial charge on any atom is -0.506 e. The van der Waals surface area contributed by atoms with Gasteiger partial charge in [0.05, 0.1) is 10.6 Å². The Bertz CT molecular complexity index is 1140. The number of fused-ring (bicyclic) bond motifs is 1. The minimum absolute atomic E-state index is 0.000248. The van der Waals surface area contributed by atoms with Crippen LogP contribution in [0.3, 0.4) is 0 Å². The van der Waals surface area contributed by atoms with E-state index in [0.717, 1.165) is 0 Å². The van der Waals surface area contributed by atoms with Crippen molar-refractivity contribution < 1.29 is 19.1 Å². The highest BCUT2D eigenvalue weighted by Crippen LogP contribution is 2.32. The molecule has 1 aromatic heterocycles. The van der Waals surface area contributed by atoms with Crippen molar-refractivity contribution in [2.45, 2.75) is 0 Å². The zero-order valence-electron chi connectivity index (χ0n) is 14.1. The molecule has 0 fully saturated rings. The number of amides is 1. The Balaban J connectivity index is 1.48. The van der Waals surface area contributed by atoms with E-state index in [4.69, 9.17) is 32.4 Å². The van der Waals surface area contributed by atoms with Crippen molar-refractivity contribution in [2.75, 3.05) is 5.32 Å². The second-order valence-corrected chi connectivity index (χ2v) is 6.66. The summed E-state index contributed by atoms with van der Waals surface area (Å²) in [5.74, 6) is -0.396. The van der Waals surface area contributed by atoms with Gasteiger partial charge in [-0.1, -0.05) is 35.3 Å². The van der Waals surface area contributed by atoms with Crippen LogP contribution in [0.1, 0.15) is 10.4 Å². The Morgan fingerprint density at radius 3 is 2.57 bits per heavy atom. The molecule has 0 aliphatic rings. The SMILES string of the molecule is O=C(Nc1ccc(Oc2nc3ccccc3o2)cc1)c1cc(Cl)cc(Cl)c1O. The van der Waals surface area contributed by atoms with Gasteiger partial charge in [0.25, 0.3) is 5.91 Å². The summed E-state index contributed by atoms with van der Waals surface area (Å²) in [5, 5.41) is 12.9. The molecule has 4 aromatic rings. The number of phenolic OH excluding ortho intramolecular Hbond substituents is 1. The van der Waals surface area contributed by atoms with Crippen LogP contribution in [-0.2, 0) is 0 Å². The van der Waals surface area contributed by atoms with Crippen molar-refractivity contribution in [3.63, 3.8) is 0 Å². The molecule has 0 aliphatic heterocycles. The second kappa shape index (κ2) is 7.42. The topological polar surface area (TPSA) is 84.6 Å². The van der Waals surface area contributed by atoms with E-state index in [9.17, 15) is 9.90 Å². The molecule has 1 amide bonds. The third-order valence-electron chi connectivity index (χ3n) is 3.86. The van der Waals surface area contributed by atoms with Gasteiger partial charge in [-0.3, -0.25) is 4.79 Å². The molecule has 6 nitrogen and oxygen atoms in total. The minimum atomic E-state index is -0.547. The van der Waals surface area contributed by atoms with Crippen molar-refractivity contribution in [3.8, 4) is 17.6 Å². The fourth-order valence-electron chi connectivity index (χ4n) is 2.54. The number of rotatable bonds is 4. The van der Waals surface area contributed by atoms with Gasteiger partial charge in [-0.05, 0) is 48.5 Å². The number of halogens is 2. The fraction of sp³-hybridized carbons (Fsp3) is 0. The van der Waals surface area contributed by atoms with Crippen LogP contribution >= 0.6 is 23.2 Å². The monoisotopic (exact) mass is 414 g/mol. The molecule has 0 saturated carbocycles. The molecule has 8 heteroatoms. The van der Waals surface area contributed by atoms with E-state index in [2.05, 4.69) is 10.3 Å². The summed E-state index contributed by atoms with van der Waals surface area (Å²) < 4.78 is 11.1. The lowest BCUT2D eigenvalue weighted by Crippen LogP contribution is -2.12. The van der Waals surface area contributed by atoms with E-state index >= 15 is 0 Å². The molecule has 3 aromatic carbocycles. The molecular weight excluding hydrogens is 403 g/mol. The van der Waals surface area contributed by atoms with E-state index in [1.165, 1.54) is 12.1 Å². The number of nitrogens with zero attached hydrogens (tertiary/aromatic N) is 1. The van der Waals surface area contributed by atoms with Gasteiger partial charge in [-0.25, -0.2) is 0 Å². The zero-order chi connectivity index (χ0) is 19.7. The predicted molar refractivity (Wildman–Crippen MR) is 107 cm³/mol. The molecule has 0 atom stereocenters. The number of nitrogens with one attached hydrogen (secondary N) is 1. The maximum Gasteiger partial charge on any atom is 0.400 e. The Morgan fingerprint density at radius 2 is 1.82 bits per heavy atom. The predicted octanol–water partition coefficient (Wildman–Crippen LogP) is 5.88. The van der Waals surface area contributed by atoms with E-state index in [0.29, 0.717) is 22.5 Å². The standard InChI is InChI=1S/C20H12Cl2N2O4/c21-11-9-14(18(25)15(22)10-11)19(26)23-12-5-7-13(8-6-12)27-20-24-16-3-1-2-4-17(16)28-20/h1-10,25H,(H,23,26). The molecule has 28 heavy (non-hydrogen) atoms. The summed E-state index contributed by atoms with van der Waals surface area (Å²) in [6.07, 6.45) is 0.122. The lowest BCUT2D eigenvalue weighted by Gasteiger charge is -2.09. The fourth-order valence-corrected chi connectivity index (χ4v) is 3.03. The quantitative estimate of drug-likeness (QED) is 0.435. The van der Waals surface area contributed by atoms with Crippen molar-refractivity contribution in [2.24, 2.45) is 0 Å². The number of carbonyl (C=O) groups is 1. The first-order chi connectivity index (χ1) is 13.5. The third-order valence-corrected chi connectivity index (χ3v) is 4.37. The van der Waals surface area contributed by atoms with Gasteiger partial charge < -0.3 is 19.6 Å². The van der Waals surface area contributed by atoms with Gasteiger partial charge in [-0.15, -0.1) is 0 Å². The number of hydrogen-bond donors (Lipinski definition) is 2. The van der Waals surface area contributed by atoms with E-state index in [-0.39, 0.29) is 27.4 Å². The van der Waals surface area contributed by atoms with Gasteiger partial charge in [0.2, 0.25) is 0 Å². The molecule has 0 bridgehead atoms. The Labute approximate surface area is 169 Å². The first kappa shape index (κ1) is 18.2. The maximum absolute atomic E-state index is 12.4. The highest BCUT2D eigenvalue weighted by molar-refractivity contribution is 6.36. The number of ether oxygens (including phenoxy) is 1. The summed E-state index contributed by atoms with van der Waals surface area (Å²) in [5.41, 5.74) is 1.79. The molecule has 140 valence electrons. The summed E-state index contributed by atoms with van der Waals surface area (Å²) in [6, 6.07) is 16.6.